The predicted molar refractivity (Wildman–Crippen MR) is 76.5 cm³/mol. The fourth-order valence-electron chi connectivity index (χ4n) is 1.47. The van der Waals surface area contributed by atoms with Gasteiger partial charge in [-0.15, -0.1) is 0 Å². The van der Waals surface area contributed by atoms with Crippen molar-refractivity contribution in [2.45, 2.75) is 13.0 Å². The average Bonchev–Trinajstić information content (AvgIpc) is 2.33. The lowest BCUT2D eigenvalue weighted by Gasteiger charge is -2.18. The number of nitrogen functional groups attached to an aromatic ring is 1. The number of halogens is 2. The summed E-state index contributed by atoms with van der Waals surface area (Å²) in [5.74, 6) is -0.644. The third kappa shape index (κ3) is 3.75. The summed E-state index contributed by atoms with van der Waals surface area (Å²) in [6.45, 7) is 1.60. The maximum absolute atomic E-state index is 12.0. The Bertz CT molecular complexity index is 495. The van der Waals surface area contributed by atoms with E-state index in [1.54, 1.807) is 21.0 Å². The summed E-state index contributed by atoms with van der Waals surface area (Å²) in [6.07, 6.45) is 0. The number of nitrogens with one attached hydrogen (secondary N) is 1. The highest BCUT2D eigenvalue weighted by molar-refractivity contribution is 6.43. The second-order valence-corrected chi connectivity index (χ2v) is 5.07. The monoisotopic (exact) mass is 303 g/mol. The van der Waals surface area contributed by atoms with E-state index in [0.29, 0.717) is 0 Å². The standard InChI is InChI=1S/C12H15Cl2N3O2/c1-6(12(19)17(2)3)16-11(18)7-4-8(13)10(14)9(15)5-7/h4-6H,15H2,1-3H3,(H,16,18). The molecule has 104 valence electrons. The first-order valence-electron chi connectivity index (χ1n) is 5.50. The summed E-state index contributed by atoms with van der Waals surface area (Å²) in [6, 6.07) is 2.18. The quantitative estimate of drug-likeness (QED) is 0.836. The van der Waals surface area contributed by atoms with Gasteiger partial charge in [0.25, 0.3) is 5.91 Å². The summed E-state index contributed by atoms with van der Waals surface area (Å²) in [7, 11) is 3.23. The Morgan fingerprint density at radius 1 is 1.32 bits per heavy atom. The van der Waals surface area contributed by atoms with Crippen LogP contribution in [0.25, 0.3) is 0 Å². The lowest BCUT2D eigenvalue weighted by atomic mass is 10.1. The van der Waals surface area contributed by atoms with Crippen molar-refractivity contribution in [1.29, 1.82) is 0 Å². The van der Waals surface area contributed by atoms with Gasteiger partial charge in [-0.2, -0.15) is 0 Å². The first-order chi connectivity index (χ1) is 8.73. The number of anilines is 1. The molecule has 0 fully saturated rings. The number of benzene rings is 1. The maximum atomic E-state index is 12.0. The molecule has 1 unspecified atom stereocenters. The Labute approximate surface area is 121 Å². The normalized spacial score (nSPS) is 11.8. The zero-order chi connectivity index (χ0) is 14.7. The minimum atomic E-state index is -0.641. The first kappa shape index (κ1) is 15.6. The minimum absolute atomic E-state index is 0.193. The number of nitrogens with zero attached hydrogens (tertiary/aromatic N) is 1. The van der Waals surface area contributed by atoms with Crippen molar-refractivity contribution in [1.82, 2.24) is 10.2 Å². The summed E-state index contributed by atoms with van der Waals surface area (Å²) in [5.41, 5.74) is 6.10. The molecule has 1 aromatic rings. The van der Waals surface area contributed by atoms with Crippen molar-refractivity contribution in [3.63, 3.8) is 0 Å². The van der Waals surface area contributed by atoms with Crippen LogP contribution in [0.2, 0.25) is 10.0 Å². The Hall–Kier alpha value is -1.46. The lowest BCUT2D eigenvalue weighted by Crippen LogP contribution is -2.44. The van der Waals surface area contributed by atoms with Crippen LogP contribution in [0.5, 0.6) is 0 Å². The summed E-state index contributed by atoms with van der Waals surface area (Å²) in [5, 5.41) is 2.96. The number of nitrogens with two attached hydrogens (primary N) is 1. The molecule has 7 heteroatoms. The fourth-order valence-corrected chi connectivity index (χ4v) is 1.81. The van der Waals surface area contributed by atoms with Crippen LogP contribution in [0, 0.1) is 0 Å². The number of carbonyl (C=O) groups is 2. The van der Waals surface area contributed by atoms with E-state index in [0.717, 1.165) is 0 Å². The van der Waals surface area contributed by atoms with E-state index in [-0.39, 0.29) is 27.2 Å². The second-order valence-electron chi connectivity index (χ2n) is 4.29. The van der Waals surface area contributed by atoms with Crippen molar-refractivity contribution in [2.24, 2.45) is 0 Å². The summed E-state index contributed by atoms with van der Waals surface area (Å²) in [4.78, 5) is 25.0. The summed E-state index contributed by atoms with van der Waals surface area (Å²) < 4.78 is 0. The van der Waals surface area contributed by atoms with Gasteiger partial charge in [-0.1, -0.05) is 23.2 Å². The number of rotatable bonds is 3. The largest absolute Gasteiger partial charge is 0.397 e. The maximum Gasteiger partial charge on any atom is 0.252 e. The number of hydrogen-bond donors (Lipinski definition) is 2. The van der Waals surface area contributed by atoms with E-state index in [9.17, 15) is 9.59 Å². The third-order valence-corrected chi connectivity index (χ3v) is 3.29. The minimum Gasteiger partial charge on any atom is -0.397 e. The van der Waals surface area contributed by atoms with Crippen molar-refractivity contribution in [3.05, 3.63) is 27.7 Å². The van der Waals surface area contributed by atoms with Crippen LogP contribution >= 0.6 is 23.2 Å². The topological polar surface area (TPSA) is 75.4 Å². The van der Waals surface area contributed by atoms with E-state index >= 15 is 0 Å². The predicted octanol–water partition coefficient (Wildman–Crippen LogP) is 1.78. The Balaban J connectivity index is 2.88. The van der Waals surface area contributed by atoms with Crippen LogP contribution in [0.15, 0.2) is 12.1 Å². The van der Waals surface area contributed by atoms with E-state index < -0.39 is 11.9 Å². The molecule has 1 aromatic carbocycles. The van der Waals surface area contributed by atoms with Crippen LogP contribution < -0.4 is 11.1 Å². The van der Waals surface area contributed by atoms with Gasteiger partial charge in [0.2, 0.25) is 5.91 Å². The van der Waals surface area contributed by atoms with E-state index in [1.165, 1.54) is 17.0 Å². The molecule has 1 atom stereocenters. The molecule has 2 amide bonds. The number of likely N-dealkylation sites (N-methyl/N-ethyl adjacent to an activating group) is 1. The molecule has 3 N–H and O–H groups in total. The Kier molecular flexibility index (Phi) is 5.03. The summed E-state index contributed by atoms with van der Waals surface area (Å²) >= 11 is 11.6. The van der Waals surface area contributed by atoms with E-state index in [4.69, 9.17) is 28.9 Å². The van der Waals surface area contributed by atoms with Gasteiger partial charge in [0, 0.05) is 19.7 Å². The highest BCUT2D eigenvalue weighted by atomic mass is 35.5. The van der Waals surface area contributed by atoms with Gasteiger partial charge in [-0.3, -0.25) is 9.59 Å². The van der Waals surface area contributed by atoms with Gasteiger partial charge in [-0.05, 0) is 19.1 Å². The molecular formula is C12H15Cl2N3O2. The fraction of sp³-hybridized carbons (Fsp3) is 0.333. The lowest BCUT2D eigenvalue weighted by molar-refractivity contribution is -0.130. The van der Waals surface area contributed by atoms with Crippen molar-refractivity contribution in [2.75, 3.05) is 19.8 Å². The molecular weight excluding hydrogens is 289 g/mol. The molecule has 0 radical (unpaired) electrons. The number of amides is 2. The molecule has 19 heavy (non-hydrogen) atoms. The highest BCUT2D eigenvalue weighted by Crippen LogP contribution is 2.29. The molecule has 0 saturated heterocycles. The molecule has 0 aliphatic heterocycles. The highest BCUT2D eigenvalue weighted by Gasteiger charge is 2.19. The van der Waals surface area contributed by atoms with Crippen LogP contribution in [0.4, 0.5) is 5.69 Å². The van der Waals surface area contributed by atoms with E-state index in [2.05, 4.69) is 5.32 Å². The SMILES string of the molecule is CC(NC(=O)c1cc(N)c(Cl)c(Cl)c1)C(=O)N(C)C. The van der Waals surface area contributed by atoms with Crippen LogP contribution in [-0.4, -0.2) is 36.9 Å². The van der Waals surface area contributed by atoms with Crippen molar-refractivity contribution in [3.8, 4) is 0 Å². The molecule has 0 bridgehead atoms. The molecule has 1 rings (SSSR count). The van der Waals surface area contributed by atoms with Gasteiger partial charge in [0.1, 0.15) is 6.04 Å². The Morgan fingerprint density at radius 2 is 1.89 bits per heavy atom. The smallest absolute Gasteiger partial charge is 0.252 e. The van der Waals surface area contributed by atoms with Gasteiger partial charge in [0.05, 0.1) is 15.7 Å². The van der Waals surface area contributed by atoms with Crippen LogP contribution in [0.3, 0.4) is 0 Å². The zero-order valence-electron chi connectivity index (χ0n) is 10.8. The van der Waals surface area contributed by atoms with Crippen molar-refractivity contribution < 1.29 is 9.59 Å². The van der Waals surface area contributed by atoms with Crippen molar-refractivity contribution >= 4 is 40.7 Å². The molecule has 0 spiro atoms. The van der Waals surface area contributed by atoms with Gasteiger partial charge in [0.15, 0.2) is 0 Å². The number of hydrogen-bond acceptors (Lipinski definition) is 3. The Morgan fingerprint density at radius 3 is 2.37 bits per heavy atom. The van der Waals surface area contributed by atoms with Gasteiger partial charge >= 0.3 is 0 Å². The molecule has 0 aliphatic carbocycles. The average molecular weight is 304 g/mol. The van der Waals surface area contributed by atoms with Crippen LogP contribution in [-0.2, 0) is 4.79 Å². The van der Waals surface area contributed by atoms with Gasteiger partial charge in [-0.25, -0.2) is 0 Å². The van der Waals surface area contributed by atoms with E-state index in [1.807, 2.05) is 0 Å². The molecule has 0 aromatic heterocycles. The number of carbonyl (C=O) groups excluding carboxylic acids is 2. The molecule has 0 heterocycles. The van der Waals surface area contributed by atoms with Crippen LogP contribution in [0.1, 0.15) is 17.3 Å². The van der Waals surface area contributed by atoms with Gasteiger partial charge < -0.3 is 16.0 Å². The molecule has 0 saturated carbocycles. The third-order valence-electron chi connectivity index (χ3n) is 2.48. The first-order valence-corrected chi connectivity index (χ1v) is 6.26. The molecule has 0 aliphatic rings. The second kappa shape index (κ2) is 6.12. The zero-order valence-corrected chi connectivity index (χ0v) is 12.3. The molecule has 5 nitrogen and oxygen atoms in total.